The van der Waals surface area contributed by atoms with Crippen LogP contribution in [0.5, 0.6) is 5.75 Å². The fourth-order valence-corrected chi connectivity index (χ4v) is 4.53. The van der Waals surface area contributed by atoms with Crippen LogP contribution >= 0.6 is 0 Å². The molecule has 0 aliphatic rings. The third-order valence-corrected chi connectivity index (χ3v) is 6.36. The topological polar surface area (TPSA) is 83.3 Å². The minimum atomic E-state index is -0.421. The first-order valence-corrected chi connectivity index (χ1v) is 13.1. The number of ether oxygens (including phenoxy) is 2. The fourth-order valence-electron chi connectivity index (χ4n) is 4.53. The highest BCUT2D eigenvalue weighted by molar-refractivity contribution is 5.71. The van der Waals surface area contributed by atoms with Gasteiger partial charge >= 0.3 is 5.97 Å². The molecule has 0 atom stereocenters. The number of hydrogen-bond acceptors (Lipinski definition) is 6. The van der Waals surface area contributed by atoms with Crippen molar-refractivity contribution in [1.29, 1.82) is 0 Å². The highest BCUT2D eigenvalue weighted by atomic mass is 16.6. The van der Waals surface area contributed by atoms with Gasteiger partial charge in [-0.3, -0.25) is 9.78 Å². The lowest BCUT2D eigenvalue weighted by atomic mass is 9.88. The summed E-state index contributed by atoms with van der Waals surface area (Å²) >= 11 is 0. The number of carbonyl (C=O) groups is 1. The van der Waals surface area contributed by atoms with E-state index in [4.69, 9.17) is 19.6 Å². The van der Waals surface area contributed by atoms with E-state index >= 15 is 0 Å². The van der Waals surface area contributed by atoms with Gasteiger partial charge in [0.1, 0.15) is 5.75 Å². The first-order chi connectivity index (χ1) is 19.6. The highest BCUT2D eigenvalue weighted by Gasteiger charge is 2.19. The highest BCUT2D eigenvalue weighted by Crippen LogP contribution is 2.30. The van der Waals surface area contributed by atoms with E-state index in [0.29, 0.717) is 18.1 Å². The van der Waals surface area contributed by atoms with Gasteiger partial charge in [-0.1, -0.05) is 78.9 Å². The van der Waals surface area contributed by atoms with Gasteiger partial charge in [-0.2, -0.15) is 5.10 Å². The predicted octanol–water partition coefficient (Wildman–Crippen LogP) is 5.48. The van der Waals surface area contributed by atoms with Gasteiger partial charge < -0.3 is 9.47 Å². The molecule has 2 aromatic heterocycles. The molecule has 0 unspecified atom stereocenters. The average molecular weight is 532 g/mol. The summed E-state index contributed by atoms with van der Waals surface area (Å²) in [6, 6.07) is 36.7. The average Bonchev–Trinajstić information content (AvgIpc) is 2.99. The molecule has 0 spiro atoms. The van der Waals surface area contributed by atoms with Crippen LogP contribution in [-0.4, -0.2) is 33.9 Å². The van der Waals surface area contributed by atoms with Crippen molar-refractivity contribution in [3.8, 4) is 17.0 Å². The maximum atomic E-state index is 12.9. The quantitative estimate of drug-likeness (QED) is 0.222. The molecule has 7 nitrogen and oxygen atoms in total. The van der Waals surface area contributed by atoms with Crippen LogP contribution in [0.1, 0.15) is 35.4 Å². The first kappa shape index (κ1) is 26.6. The minimum Gasteiger partial charge on any atom is -0.482 e. The molecule has 40 heavy (non-hydrogen) atoms. The molecule has 5 rings (SSSR count). The van der Waals surface area contributed by atoms with Crippen LogP contribution in [0.2, 0.25) is 0 Å². The summed E-state index contributed by atoms with van der Waals surface area (Å²) in [5.74, 6) is -0.00272. The Labute approximate surface area is 232 Å². The number of pyridine rings is 1. The SMILES string of the molecule is CCOC(=O)COc1cccc(-c2cccc(Cn3nc(C(c4ccccc4)c4ccccc4)ccc3=O)n2)c1. The van der Waals surface area contributed by atoms with Gasteiger partial charge in [0, 0.05) is 11.6 Å². The third-order valence-electron chi connectivity index (χ3n) is 6.36. The van der Waals surface area contributed by atoms with Crippen LogP contribution in [0.25, 0.3) is 11.3 Å². The monoisotopic (exact) mass is 531 g/mol. The Morgan fingerprint density at radius 3 is 2.23 bits per heavy atom. The van der Waals surface area contributed by atoms with Gasteiger partial charge in [-0.25, -0.2) is 9.48 Å². The van der Waals surface area contributed by atoms with Crippen molar-refractivity contribution in [3.05, 3.63) is 148 Å². The summed E-state index contributed by atoms with van der Waals surface area (Å²) in [4.78, 5) is 29.3. The molecule has 5 aromatic rings. The molecule has 0 saturated heterocycles. The number of benzene rings is 3. The van der Waals surface area contributed by atoms with E-state index < -0.39 is 5.97 Å². The second-order valence-electron chi connectivity index (χ2n) is 9.14. The lowest BCUT2D eigenvalue weighted by molar-refractivity contribution is -0.145. The molecule has 7 heteroatoms. The Balaban J connectivity index is 1.41. The minimum absolute atomic E-state index is 0.120. The molecule has 0 radical (unpaired) electrons. The van der Waals surface area contributed by atoms with Gasteiger partial charge in [0.15, 0.2) is 6.61 Å². The summed E-state index contributed by atoms with van der Waals surface area (Å²) in [6.45, 7) is 2.11. The summed E-state index contributed by atoms with van der Waals surface area (Å²) in [5.41, 5.74) is 5.00. The lowest BCUT2D eigenvalue weighted by Crippen LogP contribution is -2.25. The van der Waals surface area contributed by atoms with Crippen molar-refractivity contribution in [2.24, 2.45) is 0 Å². The Morgan fingerprint density at radius 1 is 0.825 bits per heavy atom. The summed E-state index contributed by atoms with van der Waals surface area (Å²) in [6.07, 6.45) is 0. The van der Waals surface area contributed by atoms with Gasteiger partial charge in [0.25, 0.3) is 5.56 Å². The van der Waals surface area contributed by atoms with Crippen molar-refractivity contribution in [3.63, 3.8) is 0 Å². The number of carbonyl (C=O) groups excluding carboxylic acids is 1. The number of aromatic nitrogens is 3. The number of esters is 1. The Kier molecular flexibility index (Phi) is 8.41. The zero-order valence-corrected chi connectivity index (χ0v) is 22.1. The second kappa shape index (κ2) is 12.7. The molecule has 0 amide bonds. The van der Waals surface area contributed by atoms with Gasteiger partial charge in [-0.15, -0.1) is 0 Å². The molecule has 2 heterocycles. The standard InChI is InChI=1S/C33H29N3O4/c1-2-39-32(38)23-40-28-17-9-15-26(21-28)29-18-10-16-27(34-29)22-36-31(37)20-19-30(35-36)33(24-11-5-3-6-12-24)25-13-7-4-8-14-25/h3-21,33H,2,22-23H2,1H3. The van der Waals surface area contributed by atoms with Gasteiger partial charge in [-0.05, 0) is 48.4 Å². The molecule has 0 saturated carbocycles. The number of rotatable bonds is 10. The predicted molar refractivity (Wildman–Crippen MR) is 153 cm³/mol. The maximum Gasteiger partial charge on any atom is 0.344 e. The largest absolute Gasteiger partial charge is 0.482 e. The fraction of sp³-hybridized carbons (Fsp3) is 0.152. The smallest absolute Gasteiger partial charge is 0.344 e. The molecule has 0 N–H and O–H groups in total. The van der Waals surface area contributed by atoms with Crippen molar-refractivity contribution >= 4 is 5.97 Å². The molecule has 0 fully saturated rings. The molecular weight excluding hydrogens is 502 g/mol. The number of hydrogen-bond donors (Lipinski definition) is 0. The molecule has 3 aromatic carbocycles. The van der Waals surface area contributed by atoms with Crippen molar-refractivity contribution in [2.75, 3.05) is 13.2 Å². The van der Waals surface area contributed by atoms with E-state index in [9.17, 15) is 9.59 Å². The van der Waals surface area contributed by atoms with Gasteiger partial charge in [0.2, 0.25) is 0 Å². The summed E-state index contributed by atoms with van der Waals surface area (Å²) in [5, 5.41) is 4.79. The van der Waals surface area contributed by atoms with E-state index in [2.05, 4.69) is 24.3 Å². The Bertz CT molecular complexity index is 1600. The lowest BCUT2D eigenvalue weighted by Gasteiger charge is -2.18. The first-order valence-electron chi connectivity index (χ1n) is 13.1. The van der Waals surface area contributed by atoms with E-state index in [0.717, 1.165) is 28.1 Å². The Hall–Kier alpha value is -5.04. The van der Waals surface area contributed by atoms with Crippen LogP contribution in [0.3, 0.4) is 0 Å². The van der Waals surface area contributed by atoms with Crippen LogP contribution in [0.4, 0.5) is 0 Å². The number of nitrogens with zero attached hydrogens (tertiary/aromatic N) is 3. The molecule has 200 valence electrons. The van der Waals surface area contributed by atoms with Crippen LogP contribution < -0.4 is 10.3 Å². The zero-order chi connectivity index (χ0) is 27.7. The van der Waals surface area contributed by atoms with Crippen LogP contribution in [-0.2, 0) is 16.1 Å². The Morgan fingerprint density at radius 2 is 1.52 bits per heavy atom. The van der Waals surface area contributed by atoms with Crippen LogP contribution in [0, 0.1) is 0 Å². The maximum absolute atomic E-state index is 12.9. The molecule has 0 aliphatic heterocycles. The summed E-state index contributed by atoms with van der Waals surface area (Å²) < 4.78 is 12.0. The zero-order valence-electron chi connectivity index (χ0n) is 22.1. The van der Waals surface area contributed by atoms with E-state index in [1.165, 1.54) is 4.68 Å². The van der Waals surface area contributed by atoms with E-state index in [-0.39, 0.29) is 24.6 Å². The third kappa shape index (κ3) is 6.50. The second-order valence-corrected chi connectivity index (χ2v) is 9.14. The molecular formula is C33H29N3O4. The van der Waals surface area contributed by atoms with E-state index in [1.807, 2.05) is 72.8 Å². The van der Waals surface area contributed by atoms with Gasteiger partial charge in [0.05, 0.1) is 36.2 Å². The van der Waals surface area contributed by atoms with Crippen molar-refractivity contribution in [2.45, 2.75) is 19.4 Å². The van der Waals surface area contributed by atoms with E-state index in [1.54, 1.807) is 25.1 Å². The molecule has 0 aliphatic carbocycles. The van der Waals surface area contributed by atoms with Crippen molar-refractivity contribution < 1.29 is 14.3 Å². The van der Waals surface area contributed by atoms with Crippen LogP contribution in [0.15, 0.2) is 120 Å². The molecule has 0 bridgehead atoms. The summed E-state index contributed by atoms with van der Waals surface area (Å²) in [7, 11) is 0. The normalized spacial score (nSPS) is 10.8. The van der Waals surface area contributed by atoms with Crippen molar-refractivity contribution in [1.82, 2.24) is 14.8 Å².